The summed E-state index contributed by atoms with van der Waals surface area (Å²) < 4.78 is 13.5. The summed E-state index contributed by atoms with van der Waals surface area (Å²) in [5, 5.41) is 0. The zero-order valence-electron chi connectivity index (χ0n) is 8.39. The van der Waals surface area contributed by atoms with Gasteiger partial charge in [0.05, 0.1) is 0 Å². The Hall–Kier alpha value is -1.11. The van der Waals surface area contributed by atoms with Crippen molar-refractivity contribution >= 4 is 5.83 Å². The molecule has 0 radical (unpaired) electrons. The molecule has 0 N–H and O–H groups in total. The highest BCUT2D eigenvalue weighted by Gasteiger charge is 2.02. The molecule has 1 rings (SSSR count). The smallest absolute Gasteiger partial charge is 0.129 e. The first-order valence-corrected chi connectivity index (χ1v) is 4.57. The van der Waals surface area contributed by atoms with Crippen LogP contribution in [0.1, 0.15) is 31.4 Å². The lowest BCUT2D eigenvalue weighted by Gasteiger charge is -2.02. The lowest BCUT2D eigenvalue weighted by atomic mass is 10.1. The summed E-state index contributed by atoms with van der Waals surface area (Å²) in [6.45, 7) is 5.79. The van der Waals surface area contributed by atoms with Crippen LogP contribution in [0.3, 0.4) is 0 Å². The zero-order chi connectivity index (χ0) is 9.84. The van der Waals surface area contributed by atoms with Gasteiger partial charge in [0.25, 0.3) is 0 Å². The van der Waals surface area contributed by atoms with Gasteiger partial charge in [-0.3, -0.25) is 0 Å². The molecule has 0 unspecified atom stereocenters. The van der Waals surface area contributed by atoms with Crippen molar-refractivity contribution in [2.75, 3.05) is 0 Å². The molecule has 0 aliphatic carbocycles. The van der Waals surface area contributed by atoms with Gasteiger partial charge in [0.1, 0.15) is 5.83 Å². The van der Waals surface area contributed by atoms with Crippen LogP contribution in [0.25, 0.3) is 5.83 Å². The number of benzene rings is 1. The molecule has 0 saturated heterocycles. The van der Waals surface area contributed by atoms with E-state index in [4.69, 9.17) is 0 Å². The lowest BCUT2D eigenvalue weighted by Crippen LogP contribution is -1.83. The normalized spacial score (nSPS) is 12.6. The SMILES string of the molecule is CC/C(C)=C(/F)c1ccc(C)cc1. The Kier molecular flexibility index (Phi) is 3.24. The Morgan fingerprint density at radius 1 is 1.23 bits per heavy atom. The third-order valence-corrected chi connectivity index (χ3v) is 2.21. The van der Waals surface area contributed by atoms with Crippen LogP contribution >= 0.6 is 0 Å². The van der Waals surface area contributed by atoms with Crippen molar-refractivity contribution in [1.29, 1.82) is 0 Å². The summed E-state index contributed by atoms with van der Waals surface area (Å²) in [6, 6.07) is 7.50. The topological polar surface area (TPSA) is 0 Å². The highest BCUT2D eigenvalue weighted by atomic mass is 19.1. The summed E-state index contributed by atoms with van der Waals surface area (Å²) in [6.07, 6.45) is 0.764. The number of hydrogen-bond acceptors (Lipinski definition) is 0. The third kappa shape index (κ3) is 2.41. The van der Waals surface area contributed by atoms with Crippen molar-refractivity contribution in [1.82, 2.24) is 0 Å². The van der Waals surface area contributed by atoms with E-state index in [9.17, 15) is 4.39 Å². The van der Waals surface area contributed by atoms with E-state index in [0.29, 0.717) is 5.56 Å². The standard InChI is InChI=1S/C12H15F/c1-4-10(3)12(13)11-7-5-9(2)6-8-11/h5-8H,4H2,1-3H3/b12-10+. The quantitative estimate of drug-likeness (QED) is 0.639. The van der Waals surface area contributed by atoms with E-state index in [1.54, 1.807) is 0 Å². The molecule has 13 heavy (non-hydrogen) atoms. The molecule has 0 aliphatic rings. The van der Waals surface area contributed by atoms with Gasteiger partial charge in [-0.25, -0.2) is 4.39 Å². The minimum Gasteiger partial charge on any atom is -0.206 e. The molecule has 0 bridgehead atoms. The van der Waals surface area contributed by atoms with E-state index < -0.39 is 0 Å². The molecule has 0 aliphatic heterocycles. The summed E-state index contributed by atoms with van der Waals surface area (Å²) in [4.78, 5) is 0. The predicted octanol–water partition coefficient (Wildman–Crippen LogP) is 4.11. The van der Waals surface area contributed by atoms with Crippen molar-refractivity contribution in [3.8, 4) is 0 Å². The van der Waals surface area contributed by atoms with Crippen molar-refractivity contribution in [2.45, 2.75) is 27.2 Å². The highest BCUT2D eigenvalue weighted by molar-refractivity contribution is 5.62. The van der Waals surface area contributed by atoms with Gasteiger partial charge in [-0.05, 0) is 25.8 Å². The van der Waals surface area contributed by atoms with Gasteiger partial charge in [0.2, 0.25) is 0 Å². The molecule has 0 saturated carbocycles. The number of hydrogen-bond donors (Lipinski definition) is 0. The van der Waals surface area contributed by atoms with E-state index in [2.05, 4.69) is 0 Å². The molecule has 1 aromatic rings. The summed E-state index contributed by atoms with van der Waals surface area (Å²) in [5.74, 6) is -0.0810. The fourth-order valence-electron chi connectivity index (χ4n) is 1.10. The molecule has 70 valence electrons. The van der Waals surface area contributed by atoms with E-state index in [0.717, 1.165) is 17.6 Å². The monoisotopic (exact) mass is 178 g/mol. The van der Waals surface area contributed by atoms with Crippen molar-refractivity contribution in [2.24, 2.45) is 0 Å². The molecule has 0 spiro atoms. The van der Waals surface area contributed by atoms with Gasteiger partial charge in [0, 0.05) is 5.56 Å². The molecule has 1 aromatic carbocycles. The van der Waals surface area contributed by atoms with Crippen LogP contribution in [0.2, 0.25) is 0 Å². The molecule has 0 amide bonds. The first-order chi connectivity index (χ1) is 6.15. The molecule has 0 atom stereocenters. The van der Waals surface area contributed by atoms with Gasteiger partial charge < -0.3 is 0 Å². The molecular weight excluding hydrogens is 163 g/mol. The maximum Gasteiger partial charge on any atom is 0.129 e. The number of aryl methyl sites for hydroxylation is 1. The third-order valence-electron chi connectivity index (χ3n) is 2.21. The second-order valence-electron chi connectivity index (χ2n) is 3.31. The van der Waals surface area contributed by atoms with Crippen LogP contribution in [0.5, 0.6) is 0 Å². The van der Waals surface area contributed by atoms with E-state index in [1.165, 1.54) is 0 Å². The Morgan fingerprint density at radius 2 is 1.77 bits per heavy atom. The molecule has 0 fully saturated rings. The average molecular weight is 178 g/mol. The number of rotatable bonds is 2. The van der Waals surface area contributed by atoms with Crippen LogP contribution in [0.4, 0.5) is 4.39 Å². The summed E-state index contributed by atoms with van der Waals surface area (Å²) in [5.41, 5.74) is 2.65. The molecule has 0 nitrogen and oxygen atoms in total. The van der Waals surface area contributed by atoms with Crippen molar-refractivity contribution in [3.63, 3.8) is 0 Å². The van der Waals surface area contributed by atoms with Crippen LogP contribution in [-0.4, -0.2) is 0 Å². The summed E-state index contributed by atoms with van der Waals surface area (Å²) >= 11 is 0. The van der Waals surface area contributed by atoms with E-state index >= 15 is 0 Å². The fraction of sp³-hybridized carbons (Fsp3) is 0.333. The second-order valence-corrected chi connectivity index (χ2v) is 3.31. The molecule has 1 heteroatoms. The average Bonchev–Trinajstić information content (AvgIpc) is 2.17. The largest absolute Gasteiger partial charge is 0.206 e. The fourth-order valence-corrected chi connectivity index (χ4v) is 1.10. The minimum absolute atomic E-state index is 0.0810. The Balaban J connectivity index is 3.02. The first kappa shape index (κ1) is 9.97. The van der Waals surface area contributed by atoms with Gasteiger partial charge in [-0.15, -0.1) is 0 Å². The predicted molar refractivity (Wildman–Crippen MR) is 55.2 cm³/mol. The number of allylic oxidation sites excluding steroid dienone is 1. The van der Waals surface area contributed by atoms with Gasteiger partial charge in [-0.1, -0.05) is 36.8 Å². The molecule has 0 heterocycles. The van der Waals surface area contributed by atoms with E-state index in [1.807, 2.05) is 45.0 Å². The second kappa shape index (κ2) is 4.22. The Bertz CT molecular complexity index is 306. The maximum atomic E-state index is 13.5. The minimum atomic E-state index is -0.0810. The van der Waals surface area contributed by atoms with Crippen molar-refractivity contribution < 1.29 is 4.39 Å². The van der Waals surface area contributed by atoms with Crippen LogP contribution in [-0.2, 0) is 0 Å². The van der Waals surface area contributed by atoms with Gasteiger partial charge in [-0.2, -0.15) is 0 Å². The Morgan fingerprint density at radius 3 is 2.23 bits per heavy atom. The van der Waals surface area contributed by atoms with E-state index in [-0.39, 0.29) is 5.83 Å². The van der Waals surface area contributed by atoms with Gasteiger partial charge in [0.15, 0.2) is 0 Å². The van der Waals surface area contributed by atoms with Crippen LogP contribution in [0.15, 0.2) is 29.8 Å². The van der Waals surface area contributed by atoms with Gasteiger partial charge >= 0.3 is 0 Å². The summed E-state index contributed by atoms with van der Waals surface area (Å²) in [7, 11) is 0. The number of halogens is 1. The van der Waals surface area contributed by atoms with Crippen LogP contribution < -0.4 is 0 Å². The van der Waals surface area contributed by atoms with Crippen molar-refractivity contribution in [3.05, 3.63) is 41.0 Å². The van der Waals surface area contributed by atoms with Crippen LogP contribution in [0, 0.1) is 6.92 Å². The zero-order valence-corrected chi connectivity index (χ0v) is 8.39. The highest BCUT2D eigenvalue weighted by Crippen LogP contribution is 2.21. The first-order valence-electron chi connectivity index (χ1n) is 4.57. The molecule has 0 aromatic heterocycles. The Labute approximate surface area is 79.1 Å². The molecular formula is C12H15F. The lowest BCUT2D eigenvalue weighted by molar-refractivity contribution is 0.743. The maximum absolute atomic E-state index is 13.5.